The molecule has 1 aromatic rings. The normalized spacial score (nSPS) is 34.5. The van der Waals surface area contributed by atoms with Crippen LogP contribution in [0.15, 0.2) is 30.4 Å². The molecule has 2 bridgehead atoms. The Morgan fingerprint density at radius 1 is 0.909 bits per heavy atom. The molecule has 1 saturated heterocycles. The zero-order valence-electron chi connectivity index (χ0n) is 11.9. The zero-order valence-corrected chi connectivity index (χ0v) is 11.9. The molecule has 2 amide bonds. The molecule has 4 aliphatic rings. The molecule has 5 heteroatoms. The van der Waals surface area contributed by atoms with Crippen molar-refractivity contribution in [3.05, 3.63) is 30.4 Å². The van der Waals surface area contributed by atoms with Crippen molar-refractivity contribution in [1.29, 1.82) is 0 Å². The first-order valence-corrected chi connectivity index (χ1v) is 7.70. The smallest absolute Gasteiger partial charge is 0.238 e. The van der Waals surface area contributed by atoms with Gasteiger partial charge in [-0.15, -0.1) is 0 Å². The molecule has 0 radical (unpaired) electrons. The Hall–Kier alpha value is -2.30. The number of amides is 2. The van der Waals surface area contributed by atoms with Crippen LogP contribution in [-0.2, 0) is 9.59 Å². The molecular formula is C17H15NO4. The second-order valence-corrected chi connectivity index (χ2v) is 6.34. The minimum Gasteiger partial charge on any atom is -0.486 e. The number of benzene rings is 1. The van der Waals surface area contributed by atoms with Crippen LogP contribution in [-0.4, -0.2) is 25.0 Å². The average molecular weight is 297 g/mol. The number of carbonyl (C=O) groups excluding carboxylic acids is 2. The minimum atomic E-state index is -0.171. The highest BCUT2D eigenvalue weighted by Crippen LogP contribution is 2.53. The lowest BCUT2D eigenvalue weighted by Gasteiger charge is -2.22. The number of carbonyl (C=O) groups is 2. The number of rotatable bonds is 1. The highest BCUT2D eigenvalue weighted by atomic mass is 16.6. The van der Waals surface area contributed by atoms with E-state index in [4.69, 9.17) is 9.47 Å². The molecule has 4 atom stereocenters. The average Bonchev–Trinajstić information content (AvgIpc) is 3.21. The van der Waals surface area contributed by atoms with Crippen molar-refractivity contribution < 1.29 is 19.1 Å². The molecule has 0 unspecified atom stereocenters. The standard InChI is InChI=1S/C17H15NO4/c19-16-14-9-1-2-10(7-9)15(14)17(20)18(16)11-3-4-12-13(8-11)22-6-5-21-12/h1-4,8-10,14-15H,5-7H2/t9-,10-,14-,15+/m1/s1. The fourth-order valence-electron chi connectivity index (χ4n) is 4.33. The van der Waals surface area contributed by atoms with Crippen LogP contribution in [0.5, 0.6) is 11.5 Å². The third-order valence-electron chi connectivity index (χ3n) is 5.25. The molecule has 2 heterocycles. The Morgan fingerprint density at radius 3 is 2.23 bits per heavy atom. The molecule has 0 spiro atoms. The molecule has 1 saturated carbocycles. The summed E-state index contributed by atoms with van der Waals surface area (Å²) in [7, 11) is 0. The molecule has 1 aromatic carbocycles. The van der Waals surface area contributed by atoms with Gasteiger partial charge in [-0.3, -0.25) is 9.59 Å². The Morgan fingerprint density at radius 2 is 1.55 bits per heavy atom. The summed E-state index contributed by atoms with van der Waals surface area (Å²) in [5.74, 6) is 1.25. The van der Waals surface area contributed by atoms with Gasteiger partial charge in [0.1, 0.15) is 13.2 Å². The highest BCUT2D eigenvalue weighted by Gasteiger charge is 2.59. The largest absolute Gasteiger partial charge is 0.486 e. The van der Waals surface area contributed by atoms with E-state index >= 15 is 0 Å². The quantitative estimate of drug-likeness (QED) is 0.585. The maximum atomic E-state index is 12.8. The van der Waals surface area contributed by atoms with Crippen LogP contribution in [0.3, 0.4) is 0 Å². The predicted molar refractivity (Wildman–Crippen MR) is 77.6 cm³/mol. The Bertz CT molecular complexity index is 695. The van der Waals surface area contributed by atoms with Crippen molar-refractivity contribution in [1.82, 2.24) is 0 Å². The molecular weight excluding hydrogens is 282 g/mol. The van der Waals surface area contributed by atoms with E-state index in [0.29, 0.717) is 30.4 Å². The fourth-order valence-corrected chi connectivity index (χ4v) is 4.33. The second-order valence-electron chi connectivity index (χ2n) is 6.34. The van der Waals surface area contributed by atoms with Crippen LogP contribution in [0, 0.1) is 23.7 Å². The number of anilines is 1. The van der Waals surface area contributed by atoms with E-state index in [1.807, 2.05) is 0 Å². The summed E-state index contributed by atoms with van der Waals surface area (Å²) < 4.78 is 11.0. The van der Waals surface area contributed by atoms with Crippen molar-refractivity contribution in [2.24, 2.45) is 23.7 Å². The third kappa shape index (κ3) is 1.43. The predicted octanol–water partition coefficient (Wildman–Crippen LogP) is 1.77. The second kappa shape index (κ2) is 4.12. The number of hydrogen-bond donors (Lipinski definition) is 0. The van der Waals surface area contributed by atoms with Crippen molar-refractivity contribution in [3.63, 3.8) is 0 Å². The van der Waals surface area contributed by atoms with Gasteiger partial charge in [0.25, 0.3) is 0 Å². The summed E-state index contributed by atoms with van der Waals surface area (Å²) in [4.78, 5) is 26.9. The van der Waals surface area contributed by atoms with Gasteiger partial charge < -0.3 is 9.47 Å². The first-order chi connectivity index (χ1) is 10.7. The number of hydrogen-bond acceptors (Lipinski definition) is 4. The van der Waals surface area contributed by atoms with E-state index in [0.717, 1.165) is 6.42 Å². The Labute approximate surface area is 127 Å². The molecule has 2 fully saturated rings. The molecule has 0 aromatic heterocycles. The van der Waals surface area contributed by atoms with E-state index in [1.165, 1.54) is 4.90 Å². The molecule has 5 rings (SSSR count). The van der Waals surface area contributed by atoms with Crippen molar-refractivity contribution in [2.75, 3.05) is 18.1 Å². The van der Waals surface area contributed by atoms with Gasteiger partial charge in [0.2, 0.25) is 11.8 Å². The molecule has 0 N–H and O–H groups in total. The summed E-state index contributed by atoms with van der Waals surface area (Å²) in [6.45, 7) is 1.00. The van der Waals surface area contributed by atoms with E-state index in [1.54, 1.807) is 18.2 Å². The SMILES string of the molecule is O=C1[C@@H]2[C@H](C(=O)N1c1ccc3c(c1)OCCO3)[C@@H]1C=C[C@@H]2C1. The molecule has 2 aliphatic heterocycles. The first kappa shape index (κ1) is 12.3. The third-order valence-corrected chi connectivity index (χ3v) is 5.25. The van der Waals surface area contributed by atoms with E-state index in [2.05, 4.69) is 12.2 Å². The van der Waals surface area contributed by atoms with Gasteiger partial charge in [0, 0.05) is 6.07 Å². The summed E-state index contributed by atoms with van der Waals surface area (Å²) in [5.41, 5.74) is 0.591. The fraction of sp³-hybridized carbons (Fsp3) is 0.412. The van der Waals surface area contributed by atoms with Gasteiger partial charge in [0.05, 0.1) is 17.5 Å². The molecule has 5 nitrogen and oxygen atoms in total. The van der Waals surface area contributed by atoms with Crippen LogP contribution < -0.4 is 14.4 Å². The Balaban J connectivity index is 1.54. The van der Waals surface area contributed by atoms with E-state index < -0.39 is 0 Å². The lowest BCUT2D eigenvalue weighted by atomic mass is 9.85. The summed E-state index contributed by atoms with van der Waals surface area (Å²) in [5, 5.41) is 0. The molecule has 22 heavy (non-hydrogen) atoms. The van der Waals surface area contributed by atoms with E-state index in [9.17, 15) is 9.59 Å². The van der Waals surface area contributed by atoms with Gasteiger partial charge >= 0.3 is 0 Å². The minimum absolute atomic E-state index is 0.0662. The number of nitrogens with zero attached hydrogens (tertiary/aromatic N) is 1. The van der Waals surface area contributed by atoms with Crippen LogP contribution in [0.25, 0.3) is 0 Å². The van der Waals surface area contributed by atoms with Crippen LogP contribution in [0.1, 0.15) is 6.42 Å². The Kier molecular flexibility index (Phi) is 2.30. The summed E-state index contributed by atoms with van der Waals surface area (Å²) >= 11 is 0. The first-order valence-electron chi connectivity index (χ1n) is 7.70. The van der Waals surface area contributed by atoms with Crippen molar-refractivity contribution in [3.8, 4) is 11.5 Å². The van der Waals surface area contributed by atoms with Gasteiger partial charge in [-0.05, 0) is 30.4 Å². The van der Waals surface area contributed by atoms with Gasteiger partial charge in [-0.25, -0.2) is 4.90 Å². The van der Waals surface area contributed by atoms with Crippen LogP contribution in [0.2, 0.25) is 0 Å². The number of ether oxygens (including phenoxy) is 2. The number of allylic oxidation sites excluding steroid dienone is 2. The maximum absolute atomic E-state index is 12.8. The monoisotopic (exact) mass is 297 g/mol. The van der Waals surface area contributed by atoms with Crippen molar-refractivity contribution in [2.45, 2.75) is 6.42 Å². The highest BCUT2D eigenvalue weighted by molar-refractivity contribution is 6.22. The lowest BCUT2D eigenvalue weighted by Crippen LogP contribution is -2.33. The van der Waals surface area contributed by atoms with Gasteiger partial charge in [-0.2, -0.15) is 0 Å². The topological polar surface area (TPSA) is 55.8 Å². The lowest BCUT2D eigenvalue weighted by molar-refractivity contribution is -0.123. The van der Waals surface area contributed by atoms with Gasteiger partial charge in [0.15, 0.2) is 11.5 Å². The summed E-state index contributed by atoms with van der Waals surface area (Å²) in [6.07, 6.45) is 5.15. The summed E-state index contributed by atoms with van der Waals surface area (Å²) in [6, 6.07) is 5.27. The number of fused-ring (bicyclic) bond motifs is 6. The van der Waals surface area contributed by atoms with Crippen LogP contribution >= 0.6 is 0 Å². The van der Waals surface area contributed by atoms with Crippen LogP contribution in [0.4, 0.5) is 5.69 Å². The molecule has 2 aliphatic carbocycles. The number of imide groups is 1. The van der Waals surface area contributed by atoms with Gasteiger partial charge in [-0.1, -0.05) is 12.2 Å². The van der Waals surface area contributed by atoms with E-state index in [-0.39, 0.29) is 35.5 Å². The molecule has 112 valence electrons. The van der Waals surface area contributed by atoms with Crippen molar-refractivity contribution >= 4 is 17.5 Å². The zero-order chi connectivity index (χ0) is 14.8. The maximum Gasteiger partial charge on any atom is 0.238 e.